The number of carbonyl (C=O) groups is 1. The Morgan fingerprint density at radius 2 is 2.05 bits per heavy atom. The van der Waals surface area contributed by atoms with Crippen LogP contribution in [0.2, 0.25) is 0 Å². The van der Waals surface area contributed by atoms with Crippen molar-refractivity contribution < 1.29 is 9.53 Å². The molecular formula is C15H20BrNO2. The monoisotopic (exact) mass is 325 g/mol. The van der Waals surface area contributed by atoms with Gasteiger partial charge in [0.1, 0.15) is 5.75 Å². The van der Waals surface area contributed by atoms with Crippen molar-refractivity contribution in [3.05, 3.63) is 30.3 Å². The molecule has 1 aromatic rings. The van der Waals surface area contributed by atoms with Gasteiger partial charge in [-0.15, -0.1) is 0 Å². The second-order valence-electron chi connectivity index (χ2n) is 4.82. The Labute approximate surface area is 123 Å². The van der Waals surface area contributed by atoms with Crippen molar-refractivity contribution in [2.24, 2.45) is 0 Å². The van der Waals surface area contributed by atoms with E-state index in [0.717, 1.165) is 36.9 Å². The molecule has 0 radical (unpaired) electrons. The highest BCUT2D eigenvalue weighted by atomic mass is 79.9. The molecule has 0 heterocycles. The van der Waals surface area contributed by atoms with Crippen molar-refractivity contribution in [2.45, 2.75) is 31.7 Å². The molecule has 0 aliphatic heterocycles. The van der Waals surface area contributed by atoms with Crippen LogP contribution in [-0.4, -0.2) is 35.3 Å². The molecule has 1 aliphatic rings. The molecule has 3 nitrogen and oxygen atoms in total. The predicted molar refractivity (Wildman–Crippen MR) is 79.7 cm³/mol. The topological polar surface area (TPSA) is 29.5 Å². The van der Waals surface area contributed by atoms with Gasteiger partial charge in [-0.25, -0.2) is 0 Å². The standard InChI is InChI=1S/C15H20BrNO2/c16-10-5-11-17(13-6-4-7-13)15(18)12-19-14-8-2-1-3-9-14/h1-3,8-9,13H,4-7,10-12H2. The fourth-order valence-corrected chi connectivity index (χ4v) is 2.43. The van der Waals surface area contributed by atoms with Crippen LogP contribution in [0.4, 0.5) is 0 Å². The number of hydrogen-bond donors (Lipinski definition) is 0. The first-order valence-electron chi connectivity index (χ1n) is 6.84. The van der Waals surface area contributed by atoms with Crippen molar-refractivity contribution >= 4 is 21.8 Å². The Balaban J connectivity index is 1.84. The zero-order chi connectivity index (χ0) is 13.5. The van der Waals surface area contributed by atoms with Gasteiger partial charge in [0.2, 0.25) is 0 Å². The molecular weight excluding hydrogens is 306 g/mol. The van der Waals surface area contributed by atoms with E-state index in [-0.39, 0.29) is 12.5 Å². The highest BCUT2D eigenvalue weighted by Gasteiger charge is 2.28. The van der Waals surface area contributed by atoms with E-state index >= 15 is 0 Å². The summed E-state index contributed by atoms with van der Waals surface area (Å²) >= 11 is 3.42. The van der Waals surface area contributed by atoms with E-state index in [1.54, 1.807) is 0 Å². The minimum absolute atomic E-state index is 0.106. The molecule has 1 aromatic carbocycles. The summed E-state index contributed by atoms with van der Waals surface area (Å²) in [5.74, 6) is 0.861. The van der Waals surface area contributed by atoms with Gasteiger partial charge in [-0.1, -0.05) is 34.1 Å². The summed E-state index contributed by atoms with van der Waals surface area (Å²) in [5.41, 5.74) is 0. The Morgan fingerprint density at radius 3 is 2.63 bits per heavy atom. The smallest absolute Gasteiger partial charge is 0.260 e. The molecule has 104 valence electrons. The number of hydrogen-bond acceptors (Lipinski definition) is 2. The van der Waals surface area contributed by atoms with Crippen molar-refractivity contribution in [1.82, 2.24) is 4.90 Å². The summed E-state index contributed by atoms with van der Waals surface area (Å²) in [6.45, 7) is 0.968. The van der Waals surface area contributed by atoms with E-state index in [1.807, 2.05) is 35.2 Å². The molecule has 1 aliphatic carbocycles. The van der Waals surface area contributed by atoms with Crippen LogP contribution in [0.25, 0.3) is 0 Å². The van der Waals surface area contributed by atoms with Crippen LogP contribution in [0.15, 0.2) is 30.3 Å². The van der Waals surface area contributed by atoms with Gasteiger partial charge in [0, 0.05) is 17.9 Å². The number of nitrogens with zero attached hydrogens (tertiary/aromatic N) is 1. The molecule has 1 saturated carbocycles. The van der Waals surface area contributed by atoms with Crippen molar-refractivity contribution in [2.75, 3.05) is 18.5 Å². The molecule has 1 fully saturated rings. The van der Waals surface area contributed by atoms with Gasteiger partial charge in [0.05, 0.1) is 0 Å². The molecule has 4 heteroatoms. The van der Waals surface area contributed by atoms with Gasteiger partial charge in [-0.2, -0.15) is 0 Å². The largest absolute Gasteiger partial charge is 0.484 e. The summed E-state index contributed by atoms with van der Waals surface area (Å²) in [5, 5.41) is 0.934. The Morgan fingerprint density at radius 1 is 1.32 bits per heavy atom. The van der Waals surface area contributed by atoms with Crippen LogP contribution in [-0.2, 0) is 4.79 Å². The third-order valence-corrected chi connectivity index (χ3v) is 4.03. The SMILES string of the molecule is O=C(COc1ccccc1)N(CCCBr)C1CCC1. The van der Waals surface area contributed by atoms with Crippen LogP contribution in [0, 0.1) is 0 Å². The maximum absolute atomic E-state index is 12.2. The highest BCUT2D eigenvalue weighted by Crippen LogP contribution is 2.25. The molecule has 0 unspecified atom stereocenters. The van der Waals surface area contributed by atoms with Crippen LogP contribution >= 0.6 is 15.9 Å². The first-order chi connectivity index (χ1) is 9.31. The Bertz CT molecular complexity index is 392. The van der Waals surface area contributed by atoms with E-state index in [1.165, 1.54) is 6.42 Å². The highest BCUT2D eigenvalue weighted by molar-refractivity contribution is 9.09. The van der Waals surface area contributed by atoms with Crippen LogP contribution < -0.4 is 4.74 Å². The molecule has 19 heavy (non-hydrogen) atoms. The third kappa shape index (κ3) is 4.23. The molecule has 1 amide bonds. The van der Waals surface area contributed by atoms with Gasteiger partial charge in [-0.3, -0.25) is 4.79 Å². The number of alkyl halides is 1. The number of benzene rings is 1. The summed E-state index contributed by atoms with van der Waals surface area (Å²) in [6, 6.07) is 9.94. The second-order valence-corrected chi connectivity index (χ2v) is 5.61. The average molecular weight is 326 g/mol. The van der Waals surface area contributed by atoms with Crippen LogP contribution in [0.1, 0.15) is 25.7 Å². The quantitative estimate of drug-likeness (QED) is 0.720. The molecule has 0 bridgehead atoms. The molecule has 2 rings (SSSR count). The lowest BCUT2D eigenvalue weighted by Gasteiger charge is -2.37. The fraction of sp³-hybridized carbons (Fsp3) is 0.533. The summed E-state index contributed by atoms with van der Waals surface area (Å²) in [7, 11) is 0. The van der Waals surface area contributed by atoms with Crippen molar-refractivity contribution in [3.8, 4) is 5.75 Å². The second kappa shape index (κ2) is 7.53. The predicted octanol–water partition coefficient (Wildman–Crippen LogP) is 3.23. The van der Waals surface area contributed by atoms with Crippen LogP contribution in [0.5, 0.6) is 5.75 Å². The third-order valence-electron chi connectivity index (χ3n) is 3.47. The maximum Gasteiger partial charge on any atom is 0.260 e. The van der Waals surface area contributed by atoms with E-state index in [2.05, 4.69) is 15.9 Å². The molecule has 0 aromatic heterocycles. The minimum Gasteiger partial charge on any atom is -0.484 e. The first-order valence-corrected chi connectivity index (χ1v) is 7.96. The zero-order valence-corrected chi connectivity index (χ0v) is 12.6. The lowest BCUT2D eigenvalue weighted by Crippen LogP contribution is -2.46. The number of rotatable bonds is 7. The maximum atomic E-state index is 12.2. The normalized spacial score (nSPS) is 14.8. The number of amides is 1. The molecule has 0 atom stereocenters. The minimum atomic E-state index is 0.106. The zero-order valence-electron chi connectivity index (χ0n) is 11.1. The molecule has 0 spiro atoms. The molecule has 0 saturated heterocycles. The van der Waals surface area contributed by atoms with Gasteiger partial charge >= 0.3 is 0 Å². The van der Waals surface area contributed by atoms with Crippen molar-refractivity contribution in [1.29, 1.82) is 0 Å². The Hall–Kier alpha value is -1.03. The fourth-order valence-electron chi connectivity index (χ4n) is 2.18. The first kappa shape index (κ1) is 14.4. The average Bonchev–Trinajstić information content (AvgIpc) is 2.39. The summed E-state index contributed by atoms with van der Waals surface area (Å²) in [4.78, 5) is 14.2. The summed E-state index contributed by atoms with van der Waals surface area (Å²) in [6.07, 6.45) is 4.51. The van der Waals surface area contributed by atoms with Gasteiger partial charge in [0.25, 0.3) is 5.91 Å². The Kier molecular flexibility index (Phi) is 5.70. The van der Waals surface area contributed by atoms with Crippen LogP contribution in [0.3, 0.4) is 0 Å². The lowest BCUT2D eigenvalue weighted by molar-refractivity contribution is -0.137. The molecule has 0 N–H and O–H groups in total. The summed E-state index contributed by atoms with van der Waals surface area (Å²) < 4.78 is 5.54. The van der Waals surface area contributed by atoms with E-state index in [4.69, 9.17) is 4.74 Å². The number of para-hydroxylation sites is 1. The van der Waals surface area contributed by atoms with E-state index < -0.39 is 0 Å². The number of ether oxygens (including phenoxy) is 1. The van der Waals surface area contributed by atoms with Gasteiger partial charge in [-0.05, 0) is 37.8 Å². The van der Waals surface area contributed by atoms with Gasteiger partial charge in [0.15, 0.2) is 6.61 Å². The number of carbonyl (C=O) groups excluding carboxylic acids is 1. The van der Waals surface area contributed by atoms with E-state index in [9.17, 15) is 4.79 Å². The number of halogens is 1. The van der Waals surface area contributed by atoms with E-state index in [0.29, 0.717) is 6.04 Å². The lowest BCUT2D eigenvalue weighted by atomic mass is 9.91. The van der Waals surface area contributed by atoms with Crippen molar-refractivity contribution in [3.63, 3.8) is 0 Å². The van der Waals surface area contributed by atoms with Gasteiger partial charge < -0.3 is 9.64 Å².